The Bertz CT molecular complexity index is 356. The Morgan fingerprint density at radius 3 is 2.71 bits per heavy atom. The van der Waals surface area contributed by atoms with E-state index in [1.807, 2.05) is 0 Å². The molecule has 0 atom stereocenters. The highest BCUT2D eigenvalue weighted by Gasteiger charge is 2.13. The molecule has 0 N–H and O–H groups in total. The van der Waals surface area contributed by atoms with Crippen molar-refractivity contribution in [2.75, 3.05) is 6.61 Å². The molecule has 0 bridgehead atoms. The maximum absolute atomic E-state index is 5.81. The van der Waals surface area contributed by atoms with Crippen LogP contribution in [-0.4, -0.2) is 6.61 Å². The SMILES string of the molecule is Cc1ccc(OCCC2CCCCC2)cc1Br. The Balaban J connectivity index is 1.75. The van der Waals surface area contributed by atoms with Crippen LogP contribution in [0.4, 0.5) is 0 Å². The zero-order valence-electron chi connectivity index (χ0n) is 10.5. The highest BCUT2D eigenvalue weighted by molar-refractivity contribution is 9.10. The van der Waals surface area contributed by atoms with Crippen LogP contribution in [0, 0.1) is 12.8 Å². The molecule has 2 heteroatoms. The topological polar surface area (TPSA) is 9.23 Å². The Kier molecular flexibility index (Phi) is 4.90. The van der Waals surface area contributed by atoms with Gasteiger partial charge in [-0.1, -0.05) is 54.1 Å². The van der Waals surface area contributed by atoms with Crippen molar-refractivity contribution < 1.29 is 4.74 Å². The fourth-order valence-electron chi connectivity index (χ4n) is 2.48. The van der Waals surface area contributed by atoms with Crippen molar-refractivity contribution in [3.63, 3.8) is 0 Å². The average molecular weight is 297 g/mol. The van der Waals surface area contributed by atoms with E-state index >= 15 is 0 Å². The number of benzene rings is 1. The molecule has 0 heterocycles. The van der Waals surface area contributed by atoms with Gasteiger partial charge in [-0.25, -0.2) is 0 Å². The zero-order chi connectivity index (χ0) is 12.1. The van der Waals surface area contributed by atoms with Crippen molar-refractivity contribution in [2.24, 2.45) is 5.92 Å². The molecule has 1 saturated carbocycles. The van der Waals surface area contributed by atoms with E-state index in [4.69, 9.17) is 4.74 Å². The van der Waals surface area contributed by atoms with Crippen LogP contribution in [0.25, 0.3) is 0 Å². The van der Waals surface area contributed by atoms with Crippen LogP contribution in [-0.2, 0) is 0 Å². The fraction of sp³-hybridized carbons (Fsp3) is 0.600. The summed E-state index contributed by atoms with van der Waals surface area (Å²) < 4.78 is 6.95. The van der Waals surface area contributed by atoms with Crippen molar-refractivity contribution in [1.29, 1.82) is 0 Å². The lowest BCUT2D eigenvalue weighted by Crippen LogP contribution is -2.10. The van der Waals surface area contributed by atoms with Crippen LogP contribution in [0.3, 0.4) is 0 Å². The Labute approximate surface area is 113 Å². The molecule has 0 radical (unpaired) electrons. The predicted octanol–water partition coefficient (Wildman–Crippen LogP) is 5.11. The number of rotatable bonds is 4. The summed E-state index contributed by atoms with van der Waals surface area (Å²) in [4.78, 5) is 0. The van der Waals surface area contributed by atoms with E-state index in [0.717, 1.165) is 22.7 Å². The summed E-state index contributed by atoms with van der Waals surface area (Å²) in [7, 11) is 0. The van der Waals surface area contributed by atoms with Gasteiger partial charge < -0.3 is 4.74 Å². The van der Waals surface area contributed by atoms with Crippen LogP contribution in [0.2, 0.25) is 0 Å². The first-order valence-electron chi connectivity index (χ1n) is 6.64. The normalized spacial score (nSPS) is 17.1. The molecule has 0 unspecified atom stereocenters. The molecule has 1 aliphatic rings. The molecule has 1 nitrogen and oxygen atoms in total. The molecule has 1 aliphatic carbocycles. The first kappa shape index (κ1) is 12.9. The summed E-state index contributed by atoms with van der Waals surface area (Å²) in [6.45, 7) is 2.95. The molecule has 0 saturated heterocycles. The summed E-state index contributed by atoms with van der Waals surface area (Å²) in [5.41, 5.74) is 1.25. The van der Waals surface area contributed by atoms with E-state index in [1.165, 1.54) is 44.1 Å². The molecule has 1 aromatic carbocycles. The van der Waals surface area contributed by atoms with Gasteiger partial charge in [0.25, 0.3) is 0 Å². The van der Waals surface area contributed by atoms with Crippen LogP contribution >= 0.6 is 15.9 Å². The average Bonchev–Trinajstić information content (AvgIpc) is 2.35. The Morgan fingerprint density at radius 2 is 2.00 bits per heavy atom. The Hall–Kier alpha value is -0.500. The minimum Gasteiger partial charge on any atom is -0.494 e. The predicted molar refractivity (Wildman–Crippen MR) is 75.6 cm³/mol. The molecule has 1 aromatic rings. The number of aryl methyl sites for hydroxylation is 1. The lowest BCUT2D eigenvalue weighted by molar-refractivity contribution is 0.246. The molecule has 0 aliphatic heterocycles. The lowest BCUT2D eigenvalue weighted by Gasteiger charge is -2.21. The number of halogens is 1. The van der Waals surface area contributed by atoms with Crippen LogP contribution in [0.15, 0.2) is 22.7 Å². The molecular formula is C15H21BrO. The number of hydrogen-bond acceptors (Lipinski definition) is 1. The van der Waals surface area contributed by atoms with Crippen molar-refractivity contribution >= 4 is 15.9 Å². The summed E-state index contributed by atoms with van der Waals surface area (Å²) in [6, 6.07) is 6.22. The van der Waals surface area contributed by atoms with Crippen LogP contribution in [0.5, 0.6) is 5.75 Å². The van der Waals surface area contributed by atoms with Crippen LogP contribution in [0.1, 0.15) is 44.1 Å². The largest absolute Gasteiger partial charge is 0.494 e. The zero-order valence-corrected chi connectivity index (χ0v) is 12.1. The van der Waals surface area contributed by atoms with Crippen molar-refractivity contribution in [3.8, 4) is 5.75 Å². The van der Waals surface area contributed by atoms with Gasteiger partial charge in [0.2, 0.25) is 0 Å². The smallest absolute Gasteiger partial charge is 0.120 e. The van der Waals surface area contributed by atoms with Crippen molar-refractivity contribution in [3.05, 3.63) is 28.2 Å². The van der Waals surface area contributed by atoms with E-state index in [0.29, 0.717) is 0 Å². The minimum atomic E-state index is 0.861. The van der Waals surface area contributed by atoms with Gasteiger partial charge in [0.1, 0.15) is 5.75 Å². The minimum absolute atomic E-state index is 0.861. The standard InChI is InChI=1S/C15H21BrO/c1-12-7-8-14(11-15(12)16)17-10-9-13-5-3-2-4-6-13/h7-8,11,13H,2-6,9-10H2,1H3. The monoisotopic (exact) mass is 296 g/mol. The van der Waals surface area contributed by atoms with Gasteiger partial charge in [0.15, 0.2) is 0 Å². The highest BCUT2D eigenvalue weighted by atomic mass is 79.9. The first-order valence-corrected chi connectivity index (χ1v) is 7.44. The van der Waals surface area contributed by atoms with E-state index in [-0.39, 0.29) is 0 Å². The van der Waals surface area contributed by atoms with E-state index in [1.54, 1.807) is 0 Å². The second-order valence-electron chi connectivity index (χ2n) is 5.05. The van der Waals surface area contributed by atoms with Gasteiger partial charge in [0, 0.05) is 4.47 Å². The second-order valence-corrected chi connectivity index (χ2v) is 5.91. The molecule has 0 aromatic heterocycles. The summed E-state index contributed by atoms with van der Waals surface area (Å²) in [5, 5.41) is 0. The Morgan fingerprint density at radius 1 is 1.24 bits per heavy atom. The summed E-state index contributed by atoms with van der Waals surface area (Å²) in [6.07, 6.45) is 8.29. The molecule has 0 spiro atoms. The third-order valence-corrected chi connectivity index (χ3v) is 4.52. The number of hydrogen-bond donors (Lipinski definition) is 0. The van der Waals surface area contributed by atoms with Gasteiger partial charge in [-0.05, 0) is 37.0 Å². The van der Waals surface area contributed by atoms with E-state index in [2.05, 4.69) is 41.1 Å². The van der Waals surface area contributed by atoms with Gasteiger partial charge in [-0.15, -0.1) is 0 Å². The lowest BCUT2D eigenvalue weighted by atomic mass is 9.87. The quantitative estimate of drug-likeness (QED) is 0.750. The summed E-state index contributed by atoms with van der Waals surface area (Å²) >= 11 is 3.53. The maximum Gasteiger partial charge on any atom is 0.120 e. The van der Waals surface area contributed by atoms with Crippen molar-refractivity contribution in [2.45, 2.75) is 45.4 Å². The fourth-order valence-corrected chi connectivity index (χ4v) is 2.84. The third-order valence-electron chi connectivity index (χ3n) is 3.66. The second kappa shape index (κ2) is 6.44. The van der Waals surface area contributed by atoms with Crippen LogP contribution < -0.4 is 4.74 Å². The van der Waals surface area contributed by atoms with E-state index in [9.17, 15) is 0 Å². The molecule has 1 fully saturated rings. The highest BCUT2D eigenvalue weighted by Crippen LogP contribution is 2.27. The van der Waals surface area contributed by atoms with Gasteiger partial charge in [-0.3, -0.25) is 0 Å². The molecule has 94 valence electrons. The molecule has 0 amide bonds. The first-order chi connectivity index (χ1) is 8.25. The third kappa shape index (κ3) is 4.02. The maximum atomic E-state index is 5.81. The molecule has 17 heavy (non-hydrogen) atoms. The molecule has 2 rings (SSSR count). The van der Waals surface area contributed by atoms with E-state index < -0.39 is 0 Å². The van der Waals surface area contributed by atoms with Gasteiger partial charge in [-0.2, -0.15) is 0 Å². The summed E-state index contributed by atoms with van der Waals surface area (Å²) in [5.74, 6) is 1.89. The van der Waals surface area contributed by atoms with Crippen molar-refractivity contribution in [1.82, 2.24) is 0 Å². The molecular weight excluding hydrogens is 276 g/mol. The van der Waals surface area contributed by atoms with Gasteiger partial charge >= 0.3 is 0 Å². The number of ether oxygens (including phenoxy) is 1. The van der Waals surface area contributed by atoms with Gasteiger partial charge in [0.05, 0.1) is 6.61 Å².